The number of hydrogen-bond acceptors (Lipinski definition) is 4. The molecule has 3 rings (SSSR count). The van der Waals surface area contributed by atoms with Crippen LogP contribution >= 0.6 is 23.4 Å². The van der Waals surface area contributed by atoms with E-state index in [2.05, 4.69) is 41.7 Å². The van der Waals surface area contributed by atoms with E-state index in [1.807, 2.05) is 48.5 Å². The maximum atomic E-state index is 11.9. The van der Waals surface area contributed by atoms with Crippen LogP contribution in [0, 0.1) is 6.92 Å². The number of carbonyl (C=O) groups is 1. The molecule has 0 radical (unpaired) electrons. The molecule has 1 amide bonds. The van der Waals surface area contributed by atoms with Crippen LogP contribution in [0.15, 0.2) is 77.9 Å². The summed E-state index contributed by atoms with van der Waals surface area (Å²) in [5.74, 6) is 1.78. The zero-order chi connectivity index (χ0) is 21.2. The van der Waals surface area contributed by atoms with E-state index < -0.39 is 0 Å². The van der Waals surface area contributed by atoms with E-state index in [9.17, 15) is 4.79 Å². The third-order valence-corrected chi connectivity index (χ3v) is 5.63. The van der Waals surface area contributed by atoms with Gasteiger partial charge in [-0.15, -0.1) is 11.8 Å². The van der Waals surface area contributed by atoms with E-state index in [1.54, 1.807) is 18.0 Å². The van der Waals surface area contributed by atoms with E-state index in [1.165, 1.54) is 11.1 Å². The molecule has 0 heterocycles. The highest BCUT2D eigenvalue weighted by Gasteiger charge is 2.02. The molecule has 154 valence electrons. The van der Waals surface area contributed by atoms with E-state index in [4.69, 9.17) is 16.3 Å². The quantitative estimate of drug-likeness (QED) is 0.349. The zero-order valence-corrected chi connectivity index (χ0v) is 18.2. The highest BCUT2D eigenvalue weighted by molar-refractivity contribution is 7.99. The summed E-state index contributed by atoms with van der Waals surface area (Å²) in [6.45, 7) is 2.47. The number of rotatable bonds is 9. The third-order valence-electron chi connectivity index (χ3n) is 4.26. The summed E-state index contributed by atoms with van der Waals surface area (Å²) >= 11 is 7.69. The van der Waals surface area contributed by atoms with Crippen molar-refractivity contribution in [3.8, 4) is 5.75 Å². The van der Waals surface area contributed by atoms with E-state index >= 15 is 0 Å². The number of nitrogens with zero attached hydrogens (tertiary/aromatic N) is 1. The van der Waals surface area contributed by atoms with Crippen LogP contribution in [0.3, 0.4) is 0 Å². The Morgan fingerprint density at radius 1 is 1.07 bits per heavy atom. The SMILES string of the molecule is Cc1ccc(CSCC(=O)N/N=C\c2ccc(OCc3ccccc3Cl)cc2)cc1. The van der Waals surface area contributed by atoms with Crippen molar-refractivity contribution in [2.75, 3.05) is 5.75 Å². The second kappa shape index (κ2) is 11.4. The molecule has 0 aliphatic rings. The first-order valence-corrected chi connectivity index (χ1v) is 11.0. The third kappa shape index (κ3) is 7.25. The molecule has 0 aliphatic heterocycles. The standard InChI is InChI=1S/C24H23ClN2O2S/c1-18-6-8-20(9-7-18)16-30-17-24(28)27-26-14-19-10-12-22(13-11-19)29-15-21-4-2-3-5-23(21)25/h2-14H,15-17H2,1H3,(H,27,28)/b26-14-. The lowest BCUT2D eigenvalue weighted by Gasteiger charge is -2.07. The van der Waals surface area contributed by atoms with E-state index in [0.717, 1.165) is 22.6 Å². The normalized spacial score (nSPS) is 10.9. The van der Waals surface area contributed by atoms with Gasteiger partial charge in [-0.25, -0.2) is 5.43 Å². The molecule has 0 saturated heterocycles. The summed E-state index contributed by atoms with van der Waals surface area (Å²) in [6.07, 6.45) is 1.61. The summed E-state index contributed by atoms with van der Waals surface area (Å²) < 4.78 is 5.76. The Hall–Kier alpha value is -2.76. The van der Waals surface area contributed by atoms with Crippen LogP contribution in [-0.4, -0.2) is 17.9 Å². The highest BCUT2D eigenvalue weighted by Crippen LogP contribution is 2.18. The van der Waals surface area contributed by atoms with Crippen molar-refractivity contribution < 1.29 is 9.53 Å². The molecule has 3 aromatic rings. The number of thioether (sulfide) groups is 1. The van der Waals surface area contributed by atoms with Gasteiger partial charge in [0, 0.05) is 16.3 Å². The zero-order valence-electron chi connectivity index (χ0n) is 16.7. The number of benzene rings is 3. The predicted octanol–water partition coefficient (Wildman–Crippen LogP) is 5.61. The van der Waals surface area contributed by atoms with Gasteiger partial charge < -0.3 is 4.74 Å². The molecule has 1 N–H and O–H groups in total. The lowest BCUT2D eigenvalue weighted by Crippen LogP contribution is -2.19. The average Bonchev–Trinajstić information content (AvgIpc) is 2.75. The summed E-state index contributed by atoms with van der Waals surface area (Å²) in [7, 11) is 0. The van der Waals surface area contributed by atoms with Gasteiger partial charge >= 0.3 is 0 Å². The molecule has 3 aromatic carbocycles. The maximum absolute atomic E-state index is 11.9. The summed E-state index contributed by atoms with van der Waals surface area (Å²) in [5, 5.41) is 4.71. The van der Waals surface area contributed by atoms with Gasteiger partial charge in [-0.1, -0.05) is 59.6 Å². The first-order chi connectivity index (χ1) is 14.6. The first kappa shape index (κ1) is 21.9. The molecule has 30 heavy (non-hydrogen) atoms. The van der Waals surface area contributed by atoms with Crippen molar-refractivity contribution in [1.82, 2.24) is 5.43 Å². The van der Waals surface area contributed by atoms with Gasteiger partial charge in [-0.2, -0.15) is 5.10 Å². The molecule has 0 saturated carbocycles. The molecule has 0 bridgehead atoms. The Labute approximate surface area is 186 Å². The number of nitrogens with one attached hydrogen (secondary N) is 1. The second-order valence-corrected chi connectivity index (χ2v) is 8.11. The van der Waals surface area contributed by atoms with Crippen molar-refractivity contribution in [1.29, 1.82) is 0 Å². The molecule has 4 nitrogen and oxygen atoms in total. The molecule has 0 aliphatic carbocycles. The largest absolute Gasteiger partial charge is 0.489 e. The van der Waals surface area contributed by atoms with Crippen molar-refractivity contribution in [3.63, 3.8) is 0 Å². The Balaban J connectivity index is 1.38. The number of halogens is 1. The molecule has 6 heteroatoms. The van der Waals surface area contributed by atoms with Crippen molar-refractivity contribution in [3.05, 3.63) is 100 Å². The minimum atomic E-state index is -0.122. The summed E-state index contributed by atoms with van der Waals surface area (Å²) in [4.78, 5) is 11.9. The smallest absolute Gasteiger partial charge is 0.250 e. The van der Waals surface area contributed by atoms with Gasteiger partial charge in [0.2, 0.25) is 5.91 Å². The van der Waals surface area contributed by atoms with Crippen LogP contribution in [0.2, 0.25) is 5.02 Å². The van der Waals surface area contributed by atoms with Crippen molar-refractivity contribution >= 4 is 35.5 Å². The minimum absolute atomic E-state index is 0.122. The maximum Gasteiger partial charge on any atom is 0.250 e. The van der Waals surface area contributed by atoms with Gasteiger partial charge in [0.15, 0.2) is 0 Å². The van der Waals surface area contributed by atoms with Crippen LogP contribution in [0.5, 0.6) is 5.75 Å². The van der Waals surface area contributed by atoms with Crippen molar-refractivity contribution in [2.45, 2.75) is 19.3 Å². The first-order valence-electron chi connectivity index (χ1n) is 9.51. The molecule has 0 fully saturated rings. The fourth-order valence-corrected chi connectivity index (χ4v) is 3.55. The monoisotopic (exact) mass is 438 g/mol. The molecule has 0 unspecified atom stereocenters. The highest BCUT2D eigenvalue weighted by atomic mass is 35.5. The number of ether oxygens (including phenoxy) is 1. The molecule has 0 atom stereocenters. The number of hydrazone groups is 1. The second-order valence-electron chi connectivity index (χ2n) is 6.72. The van der Waals surface area contributed by atoms with Crippen molar-refractivity contribution in [2.24, 2.45) is 5.10 Å². The minimum Gasteiger partial charge on any atom is -0.489 e. The summed E-state index contributed by atoms with van der Waals surface area (Å²) in [5.41, 5.74) is 6.80. The van der Waals surface area contributed by atoms with Crippen LogP contribution in [0.25, 0.3) is 0 Å². The number of amides is 1. The Kier molecular flexibility index (Phi) is 8.36. The average molecular weight is 439 g/mol. The summed E-state index contributed by atoms with van der Waals surface area (Å²) in [6, 6.07) is 23.4. The molecule has 0 spiro atoms. The fourth-order valence-electron chi connectivity index (χ4n) is 2.58. The van der Waals surface area contributed by atoms with Gasteiger partial charge in [0.25, 0.3) is 0 Å². The van der Waals surface area contributed by atoms with Gasteiger partial charge in [-0.3, -0.25) is 4.79 Å². The predicted molar refractivity (Wildman–Crippen MR) is 125 cm³/mol. The Morgan fingerprint density at radius 2 is 1.80 bits per heavy atom. The van der Waals surface area contributed by atoms with Gasteiger partial charge in [0.1, 0.15) is 12.4 Å². The Morgan fingerprint density at radius 3 is 2.53 bits per heavy atom. The number of aryl methyl sites for hydroxylation is 1. The lowest BCUT2D eigenvalue weighted by molar-refractivity contribution is -0.118. The Bertz CT molecular complexity index is 989. The lowest BCUT2D eigenvalue weighted by atomic mass is 10.2. The van der Waals surface area contributed by atoms with Gasteiger partial charge in [-0.05, 0) is 48.4 Å². The molecule has 0 aromatic heterocycles. The molecular weight excluding hydrogens is 416 g/mol. The number of hydrogen-bond donors (Lipinski definition) is 1. The fraction of sp³-hybridized carbons (Fsp3) is 0.167. The van der Waals surface area contributed by atoms with Gasteiger partial charge in [0.05, 0.1) is 12.0 Å². The van der Waals surface area contributed by atoms with Crippen LogP contribution in [0.1, 0.15) is 22.3 Å². The van der Waals surface area contributed by atoms with E-state index in [0.29, 0.717) is 17.4 Å². The number of carbonyl (C=O) groups excluding carboxylic acids is 1. The van der Waals surface area contributed by atoms with E-state index in [-0.39, 0.29) is 5.91 Å². The van der Waals surface area contributed by atoms with Crippen LogP contribution in [-0.2, 0) is 17.2 Å². The van der Waals surface area contributed by atoms with Crippen LogP contribution < -0.4 is 10.2 Å². The molecular formula is C24H23ClN2O2S. The van der Waals surface area contributed by atoms with Crippen LogP contribution in [0.4, 0.5) is 0 Å². The topological polar surface area (TPSA) is 50.7 Å².